The first kappa shape index (κ1) is 15.3. The van der Waals surface area contributed by atoms with Gasteiger partial charge in [0.25, 0.3) is 0 Å². The smallest absolute Gasteiger partial charge is 0.335 e. The highest BCUT2D eigenvalue weighted by Gasteiger charge is 2.42. The summed E-state index contributed by atoms with van der Waals surface area (Å²) in [5, 5.41) is 12.0. The maximum absolute atomic E-state index is 13.0. The molecule has 0 radical (unpaired) electrons. The topological polar surface area (TPSA) is 66.4 Å². The van der Waals surface area contributed by atoms with Gasteiger partial charge in [-0.25, -0.2) is 4.79 Å². The number of hydrogen-bond acceptors (Lipinski definition) is 2. The fourth-order valence-electron chi connectivity index (χ4n) is 3.36. The van der Waals surface area contributed by atoms with Crippen LogP contribution < -0.4 is 5.32 Å². The molecule has 2 aromatic rings. The van der Waals surface area contributed by atoms with E-state index in [2.05, 4.69) is 5.32 Å². The Balaban J connectivity index is 1.88. The van der Waals surface area contributed by atoms with Gasteiger partial charge in [-0.3, -0.25) is 4.79 Å². The van der Waals surface area contributed by atoms with Gasteiger partial charge in [0.1, 0.15) is 0 Å². The van der Waals surface area contributed by atoms with Gasteiger partial charge in [-0.05, 0) is 36.6 Å². The number of anilines is 1. The molecule has 0 unspecified atom stereocenters. The SMILES string of the molecule is O=C(O)c1cccc(NC(=O)C2(c3ccccc3)CCCC2)c1. The third kappa shape index (κ3) is 2.97. The predicted molar refractivity (Wildman–Crippen MR) is 88.6 cm³/mol. The first-order chi connectivity index (χ1) is 11.1. The maximum Gasteiger partial charge on any atom is 0.335 e. The molecule has 1 fully saturated rings. The van der Waals surface area contributed by atoms with E-state index in [-0.39, 0.29) is 11.5 Å². The Morgan fingerprint density at radius 2 is 1.65 bits per heavy atom. The van der Waals surface area contributed by atoms with E-state index >= 15 is 0 Å². The molecule has 0 bridgehead atoms. The van der Waals surface area contributed by atoms with Gasteiger partial charge in [0.2, 0.25) is 5.91 Å². The van der Waals surface area contributed by atoms with Crippen LogP contribution in [0.25, 0.3) is 0 Å². The molecule has 1 amide bonds. The number of benzene rings is 2. The number of hydrogen-bond donors (Lipinski definition) is 2. The van der Waals surface area contributed by atoms with E-state index in [4.69, 9.17) is 5.11 Å². The summed E-state index contributed by atoms with van der Waals surface area (Å²) in [5.74, 6) is -1.05. The molecule has 2 aromatic carbocycles. The highest BCUT2D eigenvalue weighted by atomic mass is 16.4. The maximum atomic E-state index is 13.0. The summed E-state index contributed by atoms with van der Waals surface area (Å²) in [7, 11) is 0. The van der Waals surface area contributed by atoms with Crippen LogP contribution in [0, 0.1) is 0 Å². The first-order valence-electron chi connectivity index (χ1n) is 7.82. The van der Waals surface area contributed by atoms with Crippen molar-refractivity contribution in [2.75, 3.05) is 5.32 Å². The van der Waals surface area contributed by atoms with Crippen LogP contribution in [-0.2, 0) is 10.2 Å². The van der Waals surface area contributed by atoms with Crippen LogP contribution >= 0.6 is 0 Å². The summed E-state index contributed by atoms with van der Waals surface area (Å²) in [5.41, 5.74) is 1.21. The van der Waals surface area contributed by atoms with E-state index in [1.165, 1.54) is 12.1 Å². The van der Waals surface area contributed by atoms with Gasteiger partial charge in [0.15, 0.2) is 0 Å². The van der Waals surface area contributed by atoms with Crippen molar-refractivity contribution in [2.24, 2.45) is 0 Å². The minimum atomic E-state index is -1.00. The Labute approximate surface area is 135 Å². The molecule has 0 saturated heterocycles. The molecule has 1 saturated carbocycles. The zero-order chi connectivity index (χ0) is 16.3. The summed E-state index contributed by atoms with van der Waals surface area (Å²) in [4.78, 5) is 24.0. The van der Waals surface area contributed by atoms with Crippen molar-refractivity contribution in [1.29, 1.82) is 0 Å². The second kappa shape index (κ2) is 6.24. The molecular formula is C19H19NO3. The third-order valence-electron chi connectivity index (χ3n) is 4.59. The lowest BCUT2D eigenvalue weighted by atomic mass is 9.78. The molecule has 1 aliphatic rings. The van der Waals surface area contributed by atoms with E-state index in [1.807, 2.05) is 30.3 Å². The summed E-state index contributed by atoms with van der Waals surface area (Å²) < 4.78 is 0. The molecule has 0 aromatic heterocycles. The number of carboxylic acids is 1. The molecule has 118 valence electrons. The number of carbonyl (C=O) groups excluding carboxylic acids is 1. The summed E-state index contributed by atoms with van der Waals surface area (Å²) >= 11 is 0. The lowest BCUT2D eigenvalue weighted by molar-refractivity contribution is -0.121. The Kier molecular flexibility index (Phi) is 4.15. The number of carboxylic acid groups (broad SMARTS) is 1. The van der Waals surface area contributed by atoms with Crippen LogP contribution in [0.5, 0.6) is 0 Å². The molecule has 23 heavy (non-hydrogen) atoms. The Bertz CT molecular complexity index is 718. The lowest BCUT2D eigenvalue weighted by Gasteiger charge is -2.28. The summed E-state index contributed by atoms with van der Waals surface area (Å²) in [6, 6.07) is 16.2. The fourth-order valence-corrected chi connectivity index (χ4v) is 3.36. The third-order valence-corrected chi connectivity index (χ3v) is 4.59. The predicted octanol–water partition coefficient (Wildman–Crippen LogP) is 3.84. The van der Waals surface area contributed by atoms with E-state index < -0.39 is 11.4 Å². The molecule has 2 N–H and O–H groups in total. The van der Waals surface area contributed by atoms with E-state index in [9.17, 15) is 9.59 Å². The van der Waals surface area contributed by atoms with Crippen molar-refractivity contribution in [3.8, 4) is 0 Å². The molecule has 0 heterocycles. The second-order valence-electron chi connectivity index (χ2n) is 6.00. The Morgan fingerprint density at radius 1 is 0.957 bits per heavy atom. The molecule has 3 rings (SSSR count). The average Bonchev–Trinajstić information content (AvgIpc) is 3.07. The van der Waals surface area contributed by atoms with E-state index in [1.54, 1.807) is 12.1 Å². The standard InChI is InChI=1S/C19H19NO3/c21-17(22)14-7-6-10-16(13-14)20-18(23)19(11-4-5-12-19)15-8-2-1-3-9-15/h1-3,6-10,13H,4-5,11-12H2,(H,20,23)(H,21,22). The number of rotatable bonds is 4. The van der Waals surface area contributed by atoms with Gasteiger partial charge in [0, 0.05) is 5.69 Å². The normalized spacial score (nSPS) is 16.0. The Hall–Kier alpha value is -2.62. The number of aromatic carboxylic acids is 1. The molecule has 0 aliphatic heterocycles. The van der Waals surface area contributed by atoms with Crippen molar-refractivity contribution in [2.45, 2.75) is 31.1 Å². The zero-order valence-electron chi connectivity index (χ0n) is 12.8. The second-order valence-corrected chi connectivity index (χ2v) is 6.00. The van der Waals surface area contributed by atoms with Crippen LogP contribution in [0.4, 0.5) is 5.69 Å². The van der Waals surface area contributed by atoms with Crippen molar-refractivity contribution in [3.05, 3.63) is 65.7 Å². The van der Waals surface area contributed by atoms with Crippen LogP contribution in [0.2, 0.25) is 0 Å². The molecule has 4 nitrogen and oxygen atoms in total. The molecule has 1 aliphatic carbocycles. The quantitative estimate of drug-likeness (QED) is 0.902. The van der Waals surface area contributed by atoms with Crippen molar-refractivity contribution in [3.63, 3.8) is 0 Å². The zero-order valence-corrected chi connectivity index (χ0v) is 12.8. The van der Waals surface area contributed by atoms with Crippen molar-refractivity contribution < 1.29 is 14.7 Å². The molecule has 4 heteroatoms. The van der Waals surface area contributed by atoms with Gasteiger partial charge in [-0.1, -0.05) is 49.2 Å². The monoisotopic (exact) mass is 309 g/mol. The number of nitrogens with one attached hydrogen (secondary N) is 1. The number of amides is 1. The minimum Gasteiger partial charge on any atom is -0.478 e. The molecule has 0 atom stereocenters. The highest BCUT2D eigenvalue weighted by Crippen LogP contribution is 2.42. The summed E-state index contributed by atoms with van der Waals surface area (Å²) in [6.07, 6.45) is 3.69. The minimum absolute atomic E-state index is 0.0521. The van der Waals surface area contributed by atoms with Gasteiger partial charge >= 0.3 is 5.97 Å². The van der Waals surface area contributed by atoms with Crippen LogP contribution in [0.15, 0.2) is 54.6 Å². The van der Waals surface area contributed by atoms with Crippen molar-refractivity contribution >= 4 is 17.6 Å². The first-order valence-corrected chi connectivity index (χ1v) is 7.82. The van der Waals surface area contributed by atoms with Gasteiger partial charge in [-0.2, -0.15) is 0 Å². The van der Waals surface area contributed by atoms with E-state index in [0.717, 1.165) is 31.2 Å². The largest absolute Gasteiger partial charge is 0.478 e. The highest BCUT2D eigenvalue weighted by molar-refractivity contribution is 6.00. The molecular weight excluding hydrogens is 290 g/mol. The van der Waals surface area contributed by atoms with Crippen LogP contribution in [-0.4, -0.2) is 17.0 Å². The van der Waals surface area contributed by atoms with Crippen LogP contribution in [0.1, 0.15) is 41.6 Å². The van der Waals surface area contributed by atoms with Gasteiger partial charge in [-0.15, -0.1) is 0 Å². The van der Waals surface area contributed by atoms with Gasteiger partial charge in [0.05, 0.1) is 11.0 Å². The van der Waals surface area contributed by atoms with Crippen LogP contribution in [0.3, 0.4) is 0 Å². The average molecular weight is 309 g/mol. The van der Waals surface area contributed by atoms with Gasteiger partial charge < -0.3 is 10.4 Å². The Morgan fingerprint density at radius 3 is 2.30 bits per heavy atom. The van der Waals surface area contributed by atoms with E-state index in [0.29, 0.717) is 5.69 Å². The molecule has 0 spiro atoms. The number of carbonyl (C=O) groups is 2. The summed E-state index contributed by atoms with van der Waals surface area (Å²) in [6.45, 7) is 0. The van der Waals surface area contributed by atoms with Crippen molar-refractivity contribution in [1.82, 2.24) is 0 Å². The fraction of sp³-hybridized carbons (Fsp3) is 0.263. The lowest BCUT2D eigenvalue weighted by Crippen LogP contribution is -2.38.